The predicted octanol–water partition coefficient (Wildman–Crippen LogP) is 7.85. The van der Waals surface area contributed by atoms with Gasteiger partial charge in [0.15, 0.2) is 5.75 Å². The Labute approximate surface area is 309 Å². The molecule has 0 spiro atoms. The summed E-state index contributed by atoms with van der Waals surface area (Å²) in [6.07, 6.45) is 19.3. The minimum atomic E-state index is -5.86. The zero-order chi connectivity index (χ0) is 36.9. The van der Waals surface area contributed by atoms with E-state index < -0.39 is 21.4 Å². The van der Waals surface area contributed by atoms with E-state index >= 15 is 0 Å². The van der Waals surface area contributed by atoms with Gasteiger partial charge in [0.25, 0.3) is 11.1 Å². The smallest absolute Gasteiger partial charge is 0.375 e. The molecule has 12 nitrogen and oxygen atoms in total. The molecule has 0 amide bonds. The molecular formula is C35H36F3N7O5S3. The Morgan fingerprint density at radius 2 is 1.17 bits per heavy atom. The van der Waals surface area contributed by atoms with Crippen molar-refractivity contribution in [3.05, 3.63) is 57.9 Å². The van der Waals surface area contributed by atoms with Crippen LogP contribution in [0.15, 0.2) is 46.8 Å². The van der Waals surface area contributed by atoms with Crippen LogP contribution in [-0.2, 0) is 10.1 Å². The number of halogens is 3. The SMILES string of the molecule is O=c1c2sc3nccc(N4CCCC4)c3c2ncn1C1CCCCC1.O=c1c2sc3nccc(OS(=O)(=O)C(F)(F)F)c3c2ncn1C1CCCCC1. The van der Waals surface area contributed by atoms with Gasteiger partial charge >= 0.3 is 15.6 Å². The lowest BCUT2D eigenvalue weighted by molar-refractivity contribution is -0.0499. The minimum absolute atomic E-state index is 0.0248. The monoisotopic (exact) mass is 787 g/mol. The van der Waals surface area contributed by atoms with Crippen molar-refractivity contribution in [3.63, 3.8) is 0 Å². The highest BCUT2D eigenvalue weighted by Gasteiger charge is 2.49. The van der Waals surface area contributed by atoms with E-state index in [0.717, 1.165) is 102 Å². The third-order valence-electron chi connectivity index (χ3n) is 10.4. The van der Waals surface area contributed by atoms with E-state index in [4.69, 9.17) is 4.98 Å². The normalized spacial score (nSPS) is 17.9. The largest absolute Gasteiger partial charge is 0.534 e. The van der Waals surface area contributed by atoms with E-state index in [9.17, 15) is 31.2 Å². The molecule has 3 fully saturated rings. The molecular weight excluding hydrogens is 752 g/mol. The molecule has 280 valence electrons. The molecule has 53 heavy (non-hydrogen) atoms. The highest BCUT2D eigenvalue weighted by Crippen LogP contribution is 2.40. The van der Waals surface area contributed by atoms with E-state index in [1.807, 2.05) is 10.8 Å². The molecule has 0 N–H and O–H groups in total. The molecule has 1 saturated heterocycles. The van der Waals surface area contributed by atoms with Gasteiger partial charge in [-0.15, -0.1) is 22.7 Å². The average molecular weight is 788 g/mol. The van der Waals surface area contributed by atoms with Crippen LogP contribution in [0.2, 0.25) is 0 Å². The van der Waals surface area contributed by atoms with Crippen LogP contribution in [0.3, 0.4) is 0 Å². The summed E-state index contributed by atoms with van der Waals surface area (Å²) in [5.41, 5.74) is -3.66. The van der Waals surface area contributed by atoms with Crippen LogP contribution >= 0.6 is 22.7 Å². The van der Waals surface area contributed by atoms with E-state index in [0.29, 0.717) is 6.04 Å². The first kappa shape index (κ1) is 35.8. The molecule has 18 heteroatoms. The van der Waals surface area contributed by atoms with Crippen molar-refractivity contribution in [1.29, 1.82) is 0 Å². The second-order valence-corrected chi connectivity index (χ2v) is 17.3. The molecule has 9 rings (SSSR count). The summed E-state index contributed by atoms with van der Waals surface area (Å²) < 4.78 is 69.6. The van der Waals surface area contributed by atoms with Crippen LogP contribution in [-0.4, -0.2) is 56.1 Å². The molecule has 0 unspecified atom stereocenters. The quantitative estimate of drug-likeness (QED) is 0.125. The number of alkyl halides is 3. The molecule has 2 aliphatic carbocycles. The first-order valence-corrected chi connectivity index (χ1v) is 20.9. The Hall–Kier alpha value is -4.16. The van der Waals surface area contributed by atoms with E-state index in [-0.39, 0.29) is 37.6 Å². The van der Waals surface area contributed by atoms with Crippen LogP contribution < -0.4 is 20.2 Å². The topological polar surface area (TPSA) is 142 Å². The van der Waals surface area contributed by atoms with Gasteiger partial charge in [0.2, 0.25) is 0 Å². The second kappa shape index (κ2) is 14.2. The van der Waals surface area contributed by atoms with Crippen LogP contribution in [0, 0.1) is 0 Å². The number of anilines is 1. The Balaban J connectivity index is 0.000000152. The number of pyridine rings is 2. The van der Waals surface area contributed by atoms with Crippen LogP contribution in [0.5, 0.6) is 5.75 Å². The fourth-order valence-electron chi connectivity index (χ4n) is 7.78. The zero-order valence-corrected chi connectivity index (χ0v) is 31.0. The molecule has 0 bridgehead atoms. The van der Waals surface area contributed by atoms with Gasteiger partial charge in [-0.2, -0.15) is 21.6 Å². The molecule has 7 heterocycles. The summed E-state index contributed by atoms with van der Waals surface area (Å²) in [6, 6.07) is 3.42. The average Bonchev–Trinajstić information content (AvgIpc) is 3.91. The van der Waals surface area contributed by atoms with Crippen LogP contribution in [0.25, 0.3) is 40.9 Å². The number of hydrogen-bond donors (Lipinski definition) is 0. The third kappa shape index (κ3) is 6.66. The fraction of sp³-hybridized carbons (Fsp3) is 0.486. The summed E-state index contributed by atoms with van der Waals surface area (Å²) in [4.78, 5) is 47.1. The van der Waals surface area contributed by atoms with E-state index in [1.165, 1.54) is 55.5 Å². The van der Waals surface area contributed by atoms with Crippen LogP contribution in [0.4, 0.5) is 18.9 Å². The first-order chi connectivity index (χ1) is 25.5. The maximum Gasteiger partial charge on any atom is 0.534 e. The van der Waals surface area contributed by atoms with Crippen molar-refractivity contribution >= 4 is 79.3 Å². The highest BCUT2D eigenvalue weighted by atomic mass is 32.2. The zero-order valence-electron chi connectivity index (χ0n) is 28.5. The van der Waals surface area contributed by atoms with Gasteiger partial charge in [0.05, 0.1) is 34.6 Å². The van der Waals surface area contributed by atoms with Crippen molar-refractivity contribution in [2.75, 3.05) is 18.0 Å². The van der Waals surface area contributed by atoms with Gasteiger partial charge in [-0.05, 0) is 44.6 Å². The molecule has 6 aromatic heterocycles. The number of nitrogens with zero attached hydrogens (tertiary/aromatic N) is 7. The number of fused-ring (bicyclic) bond motifs is 6. The maximum absolute atomic E-state index is 13.1. The summed E-state index contributed by atoms with van der Waals surface area (Å²) in [6.45, 7) is 2.16. The van der Waals surface area contributed by atoms with Crippen molar-refractivity contribution in [2.45, 2.75) is 94.6 Å². The van der Waals surface area contributed by atoms with Gasteiger partial charge in [-0.3, -0.25) is 18.7 Å². The first-order valence-electron chi connectivity index (χ1n) is 17.8. The standard InChI is InChI=1S/C19H22N4OS.C16H14F3N3O4S2/c24-19-17-16(21-12-23(19)13-6-2-1-3-7-13)15-14(22-10-4-5-11-22)8-9-20-18(15)25-17;17-16(18,19)28(24,25)26-10-6-7-20-14-11(10)12-13(27-14)15(23)22(8-21-12)9-4-2-1-3-5-9/h8-9,12-13H,1-7,10-11H2;6-9H,1-5H2. The Kier molecular flexibility index (Phi) is 9.63. The molecule has 1 aliphatic heterocycles. The summed E-state index contributed by atoms with van der Waals surface area (Å²) in [5, 5.41) is 1.04. The predicted molar refractivity (Wildman–Crippen MR) is 200 cm³/mol. The lowest BCUT2D eigenvalue weighted by Crippen LogP contribution is -2.28. The lowest BCUT2D eigenvalue weighted by atomic mass is 9.95. The van der Waals surface area contributed by atoms with E-state index in [1.54, 1.807) is 10.9 Å². The Morgan fingerprint density at radius 3 is 1.70 bits per heavy atom. The summed E-state index contributed by atoms with van der Waals surface area (Å²) in [5.74, 6) is -0.559. The van der Waals surface area contributed by atoms with Gasteiger partial charge < -0.3 is 9.08 Å². The van der Waals surface area contributed by atoms with Crippen molar-refractivity contribution in [2.24, 2.45) is 0 Å². The molecule has 2 saturated carbocycles. The molecule has 3 aliphatic rings. The van der Waals surface area contributed by atoms with Gasteiger partial charge in [-0.25, -0.2) is 19.9 Å². The summed E-state index contributed by atoms with van der Waals surface area (Å²) >= 11 is 2.46. The Bertz CT molecular complexity index is 2550. The molecule has 0 aromatic carbocycles. The van der Waals surface area contributed by atoms with Crippen molar-refractivity contribution < 1.29 is 25.8 Å². The number of rotatable bonds is 5. The maximum atomic E-state index is 13.1. The van der Waals surface area contributed by atoms with Crippen molar-refractivity contribution in [3.8, 4) is 5.75 Å². The van der Waals surface area contributed by atoms with E-state index in [2.05, 4.69) is 30.1 Å². The van der Waals surface area contributed by atoms with Gasteiger partial charge in [0, 0.05) is 43.6 Å². The third-order valence-corrected chi connectivity index (χ3v) is 13.5. The molecule has 0 radical (unpaired) electrons. The van der Waals surface area contributed by atoms with Crippen molar-refractivity contribution in [1.82, 2.24) is 29.1 Å². The molecule has 6 aromatic rings. The lowest BCUT2D eigenvalue weighted by Gasteiger charge is -2.23. The minimum Gasteiger partial charge on any atom is -0.375 e. The number of thiophene rings is 2. The fourth-order valence-corrected chi connectivity index (χ4v) is 10.4. The number of hydrogen-bond acceptors (Lipinski definition) is 12. The Morgan fingerprint density at radius 1 is 0.679 bits per heavy atom. The second-order valence-electron chi connectivity index (χ2n) is 13.7. The number of aromatic nitrogens is 6. The van der Waals surface area contributed by atoms with Gasteiger partial charge in [0.1, 0.15) is 24.6 Å². The molecule has 0 atom stereocenters. The summed E-state index contributed by atoms with van der Waals surface area (Å²) in [7, 11) is -5.86. The van der Waals surface area contributed by atoms with Crippen LogP contribution in [0.1, 0.15) is 89.1 Å². The van der Waals surface area contributed by atoms with Gasteiger partial charge in [-0.1, -0.05) is 38.5 Å². The highest BCUT2D eigenvalue weighted by molar-refractivity contribution is 7.88.